The Bertz CT molecular complexity index is 820. The molecule has 6 nitrogen and oxygen atoms in total. The van der Waals surface area contributed by atoms with Crippen LogP contribution in [-0.2, 0) is 16.6 Å². The highest BCUT2D eigenvalue weighted by molar-refractivity contribution is 7.89. The van der Waals surface area contributed by atoms with Gasteiger partial charge in [-0.2, -0.15) is 0 Å². The van der Waals surface area contributed by atoms with Crippen LogP contribution in [0.25, 0.3) is 0 Å². The first-order chi connectivity index (χ1) is 11.9. The Kier molecular flexibility index (Phi) is 6.55. The minimum Gasteiger partial charge on any atom is -0.478 e. The summed E-state index contributed by atoms with van der Waals surface area (Å²) in [5.41, 5.74) is 1.30. The largest absolute Gasteiger partial charge is 0.478 e. The normalized spacial score (nSPS) is 11.2. The number of carboxylic acids is 1. The molecule has 0 unspecified atom stereocenters. The van der Waals surface area contributed by atoms with E-state index in [-0.39, 0.29) is 10.5 Å². The van der Waals surface area contributed by atoms with Crippen molar-refractivity contribution in [1.82, 2.24) is 4.72 Å². The lowest BCUT2D eigenvalue weighted by atomic mass is 10.2. The van der Waals surface area contributed by atoms with E-state index in [9.17, 15) is 13.2 Å². The van der Waals surface area contributed by atoms with Crippen molar-refractivity contribution in [2.75, 3.05) is 11.9 Å². The summed E-state index contributed by atoms with van der Waals surface area (Å²) >= 11 is 0. The van der Waals surface area contributed by atoms with Gasteiger partial charge in [-0.15, -0.1) is 0 Å². The smallest absolute Gasteiger partial charge is 0.335 e. The Morgan fingerprint density at radius 1 is 1.12 bits per heavy atom. The second-order valence-electron chi connectivity index (χ2n) is 5.61. The molecule has 0 radical (unpaired) electrons. The van der Waals surface area contributed by atoms with E-state index in [1.54, 1.807) is 0 Å². The fraction of sp³-hybridized carbons (Fsp3) is 0.278. The average Bonchev–Trinajstić information content (AvgIpc) is 2.60. The van der Waals surface area contributed by atoms with Gasteiger partial charge in [0, 0.05) is 13.1 Å². The topological polar surface area (TPSA) is 95.5 Å². The zero-order chi connectivity index (χ0) is 18.3. The highest BCUT2D eigenvalue weighted by atomic mass is 32.2. The number of carbonyl (C=O) groups is 1. The maximum Gasteiger partial charge on any atom is 0.335 e. The van der Waals surface area contributed by atoms with Gasteiger partial charge in [-0.3, -0.25) is 0 Å². The number of rotatable bonds is 9. The quantitative estimate of drug-likeness (QED) is 0.596. The van der Waals surface area contributed by atoms with Crippen LogP contribution in [0.2, 0.25) is 0 Å². The van der Waals surface area contributed by atoms with Crippen LogP contribution in [0.1, 0.15) is 35.7 Å². The summed E-state index contributed by atoms with van der Waals surface area (Å²) in [7, 11) is -3.80. The fourth-order valence-corrected chi connectivity index (χ4v) is 3.56. The van der Waals surface area contributed by atoms with Gasteiger partial charge in [0.1, 0.15) is 4.90 Å². The zero-order valence-electron chi connectivity index (χ0n) is 14.0. The monoisotopic (exact) mass is 362 g/mol. The summed E-state index contributed by atoms with van der Waals surface area (Å²) in [5, 5.41) is 12.2. The lowest BCUT2D eigenvalue weighted by molar-refractivity contribution is 0.0696. The van der Waals surface area contributed by atoms with E-state index in [1.165, 1.54) is 18.2 Å². The zero-order valence-corrected chi connectivity index (χ0v) is 14.8. The summed E-state index contributed by atoms with van der Waals surface area (Å²) in [5.74, 6) is -1.17. The number of hydrogen-bond acceptors (Lipinski definition) is 4. The number of anilines is 1. The predicted octanol–water partition coefficient (Wildman–Crippen LogP) is 3.08. The number of hydrogen-bond donors (Lipinski definition) is 3. The molecule has 0 fully saturated rings. The van der Waals surface area contributed by atoms with E-state index in [2.05, 4.69) is 10.0 Å². The summed E-state index contributed by atoms with van der Waals surface area (Å²) in [6.07, 6.45) is 1.57. The van der Waals surface area contributed by atoms with Crippen LogP contribution in [0, 0.1) is 0 Å². The molecule has 25 heavy (non-hydrogen) atoms. The molecule has 134 valence electrons. The van der Waals surface area contributed by atoms with Gasteiger partial charge >= 0.3 is 5.97 Å². The maximum atomic E-state index is 12.6. The van der Waals surface area contributed by atoms with Gasteiger partial charge in [0.15, 0.2) is 0 Å². The van der Waals surface area contributed by atoms with Crippen LogP contribution in [0.15, 0.2) is 53.4 Å². The third kappa shape index (κ3) is 5.30. The molecule has 0 aliphatic rings. The Morgan fingerprint density at radius 3 is 2.48 bits per heavy atom. The molecule has 0 bridgehead atoms. The van der Waals surface area contributed by atoms with Gasteiger partial charge in [0.25, 0.3) is 0 Å². The van der Waals surface area contributed by atoms with Gasteiger partial charge in [0.2, 0.25) is 10.0 Å². The van der Waals surface area contributed by atoms with Crippen molar-refractivity contribution < 1.29 is 18.3 Å². The standard InChI is InChI=1S/C18H22N2O4S/c1-2-3-11-20-25(23,24)17-12-15(18(21)22)9-10-16(17)19-13-14-7-5-4-6-8-14/h4-10,12,19-20H,2-3,11,13H2,1H3,(H,21,22). The molecular weight excluding hydrogens is 340 g/mol. The van der Waals surface area contributed by atoms with Gasteiger partial charge < -0.3 is 10.4 Å². The number of sulfonamides is 1. The van der Waals surface area contributed by atoms with Crippen LogP contribution < -0.4 is 10.0 Å². The minimum absolute atomic E-state index is 0.0561. The molecule has 0 amide bonds. The Labute approximate surface area is 147 Å². The van der Waals surface area contributed by atoms with Gasteiger partial charge in [-0.25, -0.2) is 17.9 Å². The fourth-order valence-electron chi connectivity index (χ4n) is 2.28. The molecule has 7 heteroatoms. The number of nitrogens with one attached hydrogen (secondary N) is 2. The van der Waals surface area contributed by atoms with E-state index in [0.717, 1.165) is 12.0 Å². The first-order valence-corrected chi connectivity index (χ1v) is 9.57. The molecule has 2 aromatic carbocycles. The summed E-state index contributed by atoms with van der Waals surface area (Å²) in [6, 6.07) is 13.6. The second-order valence-corrected chi connectivity index (χ2v) is 7.34. The summed E-state index contributed by atoms with van der Waals surface area (Å²) < 4.78 is 27.7. The van der Waals surface area contributed by atoms with Crippen molar-refractivity contribution in [1.29, 1.82) is 0 Å². The molecule has 3 N–H and O–H groups in total. The molecule has 0 saturated heterocycles. The van der Waals surface area contributed by atoms with Crippen LogP contribution in [0.5, 0.6) is 0 Å². The maximum absolute atomic E-state index is 12.6. The third-order valence-corrected chi connectivity index (χ3v) is 5.17. The van der Waals surface area contributed by atoms with Crippen molar-refractivity contribution in [2.45, 2.75) is 31.2 Å². The van der Waals surface area contributed by atoms with Crippen LogP contribution in [0.4, 0.5) is 5.69 Å². The molecule has 0 atom stereocenters. The van der Waals surface area contributed by atoms with Crippen LogP contribution >= 0.6 is 0 Å². The Balaban J connectivity index is 2.30. The van der Waals surface area contributed by atoms with Crippen molar-refractivity contribution in [3.63, 3.8) is 0 Å². The van der Waals surface area contributed by atoms with E-state index < -0.39 is 16.0 Å². The van der Waals surface area contributed by atoms with E-state index in [1.807, 2.05) is 37.3 Å². The first kappa shape index (κ1) is 19.0. The molecule has 0 aromatic heterocycles. The van der Waals surface area contributed by atoms with Crippen molar-refractivity contribution in [2.24, 2.45) is 0 Å². The lowest BCUT2D eigenvalue weighted by Gasteiger charge is -2.14. The number of aromatic carboxylic acids is 1. The van der Waals surface area contributed by atoms with Gasteiger partial charge in [-0.05, 0) is 30.2 Å². The second kappa shape index (κ2) is 8.64. The van der Waals surface area contributed by atoms with Crippen molar-refractivity contribution >= 4 is 21.7 Å². The average molecular weight is 362 g/mol. The van der Waals surface area contributed by atoms with Gasteiger partial charge in [-0.1, -0.05) is 43.7 Å². The molecule has 0 spiro atoms. The number of carboxylic acid groups (broad SMARTS) is 1. The van der Waals surface area contributed by atoms with Crippen molar-refractivity contribution in [3.8, 4) is 0 Å². The molecule has 0 aliphatic heterocycles. The SMILES string of the molecule is CCCCNS(=O)(=O)c1cc(C(=O)O)ccc1NCc1ccccc1. The molecule has 0 saturated carbocycles. The molecule has 0 aliphatic carbocycles. The van der Waals surface area contributed by atoms with Crippen LogP contribution in [0.3, 0.4) is 0 Å². The number of unbranched alkanes of at least 4 members (excludes halogenated alkanes) is 1. The minimum atomic E-state index is -3.80. The lowest BCUT2D eigenvalue weighted by Crippen LogP contribution is -2.26. The summed E-state index contributed by atoms with van der Waals surface area (Å²) in [6.45, 7) is 2.71. The molecule has 2 aromatic rings. The highest BCUT2D eigenvalue weighted by Gasteiger charge is 2.20. The van der Waals surface area contributed by atoms with Crippen LogP contribution in [-0.4, -0.2) is 26.0 Å². The Morgan fingerprint density at radius 2 is 1.84 bits per heavy atom. The van der Waals surface area contributed by atoms with Crippen molar-refractivity contribution in [3.05, 3.63) is 59.7 Å². The van der Waals surface area contributed by atoms with Gasteiger partial charge in [0.05, 0.1) is 11.3 Å². The highest BCUT2D eigenvalue weighted by Crippen LogP contribution is 2.24. The predicted molar refractivity (Wildman–Crippen MR) is 97.3 cm³/mol. The summed E-state index contributed by atoms with van der Waals surface area (Å²) in [4.78, 5) is 11.1. The van der Waals surface area contributed by atoms with E-state index in [0.29, 0.717) is 25.2 Å². The van der Waals surface area contributed by atoms with E-state index in [4.69, 9.17) is 5.11 Å². The molecule has 2 rings (SSSR count). The Hall–Kier alpha value is -2.38. The number of benzene rings is 2. The molecular formula is C18H22N2O4S. The first-order valence-electron chi connectivity index (χ1n) is 8.09. The molecule has 0 heterocycles. The van der Waals surface area contributed by atoms with E-state index >= 15 is 0 Å². The third-order valence-electron chi connectivity index (χ3n) is 3.67.